The monoisotopic (exact) mass is 172 g/mol. The molecule has 1 saturated carbocycles. The largest absolute Gasteiger partial charge is 0.393 e. The van der Waals surface area contributed by atoms with Crippen LogP contribution in [0.3, 0.4) is 0 Å². The number of rotatable bonds is 6. The zero-order valence-electron chi connectivity index (χ0n) is 7.96. The van der Waals surface area contributed by atoms with Gasteiger partial charge in [0.05, 0.1) is 12.2 Å². The van der Waals surface area contributed by atoms with E-state index in [2.05, 4.69) is 0 Å². The molecule has 0 bridgehead atoms. The van der Waals surface area contributed by atoms with E-state index in [4.69, 9.17) is 9.84 Å². The standard InChI is InChI=1S/C10H20O2/c1-9(11)5-2-3-8-12-10-6-4-7-10/h9-11H,2-8H2,1H3. The Bertz CT molecular complexity index is 108. The van der Waals surface area contributed by atoms with E-state index in [1.165, 1.54) is 19.3 Å². The summed E-state index contributed by atoms with van der Waals surface area (Å²) in [5, 5.41) is 8.98. The third-order valence-electron chi connectivity index (χ3n) is 2.42. The summed E-state index contributed by atoms with van der Waals surface area (Å²) >= 11 is 0. The van der Waals surface area contributed by atoms with E-state index in [-0.39, 0.29) is 6.10 Å². The van der Waals surface area contributed by atoms with E-state index >= 15 is 0 Å². The lowest BCUT2D eigenvalue weighted by atomic mass is 9.96. The lowest BCUT2D eigenvalue weighted by Crippen LogP contribution is -2.21. The summed E-state index contributed by atoms with van der Waals surface area (Å²) in [6, 6.07) is 0. The van der Waals surface area contributed by atoms with Gasteiger partial charge >= 0.3 is 0 Å². The number of ether oxygens (including phenoxy) is 1. The molecular weight excluding hydrogens is 152 g/mol. The zero-order valence-corrected chi connectivity index (χ0v) is 7.96. The highest BCUT2D eigenvalue weighted by Gasteiger charge is 2.16. The minimum absolute atomic E-state index is 0.145. The predicted octanol–water partition coefficient (Wildman–Crippen LogP) is 2.11. The van der Waals surface area contributed by atoms with Crippen LogP contribution in [0.25, 0.3) is 0 Å². The first-order valence-corrected chi connectivity index (χ1v) is 5.08. The minimum Gasteiger partial charge on any atom is -0.393 e. The van der Waals surface area contributed by atoms with Gasteiger partial charge in [0.25, 0.3) is 0 Å². The van der Waals surface area contributed by atoms with Crippen molar-refractivity contribution in [3.8, 4) is 0 Å². The maximum Gasteiger partial charge on any atom is 0.0575 e. The first-order chi connectivity index (χ1) is 5.79. The fourth-order valence-electron chi connectivity index (χ4n) is 1.33. The molecule has 12 heavy (non-hydrogen) atoms. The van der Waals surface area contributed by atoms with Crippen LogP contribution in [-0.4, -0.2) is 23.9 Å². The van der Waals surface area contributed by atoms with Crippen molar-refractivity contribution in [2.24, 2.45) is 0 Å². The summed E-state index contributed by atoms with van der Waals surface area (Å²) in [6.45, 7) is 2.73. The van der Waals surface area contributed by atoms with Gasteiger partial charge in [0, 0.05) is 6.61 Å². The molecule has 1 aliphatic carbocycles. The van der Waals surface area contributed by atoms with Crippen molar-refractivity contribution < 1.29 is 9.84 Å². The van der Waals surface area contributed by atoms with Gasteiger partial charge in [-0.3, -0.25) is 0 Å². The van der Waals surface area contributed by atoms with Crippen LogP contribution < -0.4 is 0 Å². The summed E-state index contributed by atoms with van der Waals surface area (Å²) in [5.41, 5.74) is 0. The second-order valence-corrected chi connectivity index (χ2v) is 3.77. The highest BCUT2D eigenvalue weighted by molar-refractivity contribution is 4.68. The molecule has 1 N–H and O–H groups in total. The molecule has 0 saturated heterocycles. The average molecular weight is 172 g/mol. The molecule has 1 atom stereocenters. The third kappa shape index (κ3) is 4.07. The Morgan fingerprint density at radius 2 is 2.17 bits per heavy atom. The van der Waals surface area contributed by atoms with Gasteiger partial charge in [0.1, 0.15) is 0 Å². The van der Waals surface area contributed by atoms with Gasteiger partial charge in [-0.1, -0.05) is 0 Å². The molecule has 0 heterocycles. The van der Waals surface area contributed by atoms with E-state index in [0.29, 0.717) is 6.10 Å². The Morgan fingerprint density at radius 1 is 1.42 bits per heavy atom. The van der Waals surface area contributed by atoms with Gasteiger partial charge in [-0.25, -0.2) is 0 Å². The second-order valence-electron chi connectivity index (χ2n) is 3.77. The normalized spacial score (nSPS) is 20.5. The highest BCUT2D eigenvalue weighted by atomic mass is 16.5. The van der Waals surface area contributed by atoms with Crippen LogP contribution in [0, 0.1) is 0 Å². The Hall–Kier alpha value is -0.0800. The lowest BCUT2D eigenvalue weighted by molar-refractivity contribution is -0.000132. The maximum atomic E-state index is 8.98. The third-order valence-corrected chi connectivity index (χ3v) is 2.42. The predicted molar refractivity (Wildman–Crippen MR) is 49.1 cm³/mol. The molecule has 1 aliphatic rings. The molecule has 2 nitrogen and oxygen atoms in total. The minimum atomic E-state index is -0.145. The van der Waals surface area contributed by atoms with Gasteiger partial charge in [0.15, 0.2) is 0 Å². The summed E-state index contributed by atoms with van der Waals surface area (Å²) in [4.78, 5) is 0. The van der Waals surface area contributed by atoms with Crippen LogP contribution >= 0.6 is 0 Å². The van der Waals surface area contributed by atoms with Crippen molar-refractivity contribution in [3.05, 3.63) is 0 Å². The Kier molecular flexibility index (Phi) is 4.62. The number of hydrogen-bond donors (Lipinski definition) is 1. The van der Waals surface area contributed by atoms with Crippen LogP contribution in [0.15, 0.2) is 0 Å². The Morgan fingerprint density at radius 3 is 2.67 bits per heavy atom. The van der Waals surface area contributed by atoms with Crippen molar-refractivity contribution >= 4 is 0 Å². The van der Waals surface area contributed by atoms with E-state index in [1.807, 2.05) is 6.92 Å². The van der Waals surface area contributed by atoms with Gasteiger partial charge in [-0.05, 0) is 45.4 Å². The van der Waals surface area contributed by atoms with Crippen molar-refractivity contribution in [1.82, 2.24) is 0 Å². The van der Waals surface area contributed by atoms with Crippen LogP contribution in [0.2, 0.25) is 0 Å². The fourth-order valence-corrected chi connectivity index (χ4v) is 1.33. The molecule has 1 rings (SSSR count). The molecule has 1 fully saturated rings. The van der Waals surface area contributed by atoms with Crippen LogP contribution in [0.1, 0.15) is 45.4 Å². The molecule has 0 spiro atoms. The smallest absolute Gasteiger partial charge is 0.0575 e. The Labute approximate surface area is 74.9 Å². The number of unbranched alkanes of at least 4 members (excludes halogenated alkanes) is 1. The molecule has 0 radical (unpaired) electrons. The highest BCUT2D eigenvalue weighted by Crippen LogP contribution is 2.22. The molecule has 72 valence electrons. The van der Waals surface area contributed by atoms with Crippen molar-refractivity contribution in [2.75, 3.05) is 6.61 Å². The number of aliphatic hydroxyl groups excluding tert-OH is 1. The summed E-state index contributed by atoms with van der Waals surface area (Å²) in [5.74, 6) is 0. The second kappa shape index (κ2) is 5.55. The van der Waals surface area contributed by atoms with Gasteiger partial charge in [-0.15, -0.1) is 0 Å². The van der Waals surface area contributed by atoms with Gasteiger partial charge in [-0.2, -0.15) is 0 Å². The molecule has 1 unspecified atom stereocenters. The van der Waals surface area contributed by atoms with E-state index < -0.39 is 0 Å². The summed E-state index contributed by atoms with van der Waals surface area (Å²) in [7, 11) is 0. The van der Waals surface area contributed by atoms with Crippen LogP contribution in [0.4, 0.5) is 0 Å². The van der Waals surface area contributed by atoms with E-state index in [1.54, 1.807) is 0 Å². The van der Waals surface area contributed by atoms with Gasteiger partial charge in [0.2, 0.25) is 0 Å². The van der Waals surface area contributed by atoms with Crippen molar-refractivity contribution in [1.29, 1.82) is 0 Å². The molecule has 0 amide bonds. The van der Waals surface area contributed by atoms with E-state index in [9.17, 15) is 0 Å². The summed E-state index contributed by atoms with van der Waals surface area (Å²) < 4.78 is 5.58. The average Bonchev–Trinajstić information content (AvgIpc) is 1.92. The van der Waals surface area contributed by atoms with Gasteiger partial charge < -0.3 is 9.84 Å². The first-order valence-electron chi connectivity index (χ1n) is 5.08. The molecule has 2 heteroatoms. The fraction of sp³-hybridized carbons (Fsp3) is 1.00. The quantitative estimate of drug-likeness (QED) is 0.622. The SMILES string of the molecule is CC(O)CCCCOC1CCC1. The zero-order chi connectivity index (χ0) is 8.81. The Balaban J connectivity index is 1.76. The van der Waals surface area contributed by atoms with E-state index in [0.717, 1.165) is 25.9 Å². The lowest BCUT2D eigenvalue weighted by Gasteiger charge is -2.25. The van der Waals surface area contributed by atoms with Crippen molar-refractivity contribution in [2.45, 2.75) is 57.7 Å². The molecule has 0 aromatic rings. The van der Waals surface area contributed by atoms with Crippen LogP contribution in [-0.2, 0) is 4.74 Å². The summed E-state index contributed by atoms with van der Waals surface area (Å²) in [6.07, 6.45) is 7.38. The molecule has 0 aromatic carbocycles. The first kappa shape index (κ1) is 10.0. The molecule has 0 aromatic heterocycles. The maximum absolute atomic E-state index is 8.98. The molecular formula is C10H20O2. The number of hydrogen-bond acceptors (Lipinski definition) is 2. The molecule has 0 aliphatic heterocycles. The van der Waals surface area contributed by atoms with Crippen molar-refractivity contribution in [3.63, 3.8) is 0 Å². The van der Waals surface area contributed by atoms with Crippen LogP contribution in [0.5, 0.6) is 0 Å². The number of aliphatic hydroxyl groups is 1. The topological polar surface area (TPSA) is 29.5 Å².